The van der Waals surface area contributed by atoms with Gasteiger partial charge >= 0.3 is 0 Å². The molecule has 4 nitrogen and oxygen atoms in total. The maximum atomic E-state index is 12.5. The van der Waals surface area contributed by atoms with Gasteiger partial charge in [-0.15, -0.1) is 0 Å². The third-order valence-corrected chi connectivity index (χ3v) is 12.4. The summed E-state index contributed by atoms with van der Waals surface area (Å²) in [4.78, 5) is 12.5. The molecule has 0 bridgehead atoms. The summed E-state index contributed by atoms with van der Waals surface area (Å²) in [6.07, 6.45) is 77.7. The highest BCUT2D eigenvalue weighted by molar-refractivity contribution is 5.76. The SMILES string of the molecule is CCCCCCC/C=C\C/C=C\C/C=C\CCCCCCCCCCCCCCC(=O)NC(CO)C(O)/C=C/CC/C=C/CC/C=C/CCCCCCCCCCCCCCCC. The molecule has 3 N–H and O–H groups in total. The molecule has 0 spiro atoms. The molecule has 0 aromatic carbocycles. The van der Waals surface area contributed by atoms with Crippen LogP contribution in [0.2, 0.25) is 0 Å². The van der Waals surface area contributed by atoms with Crippen molar-refractivity contribution >= 4 is 5.91 Å². The van der Waals surface area contributed by atoms with Crippen LogP contribution in [0, 0.1) is 0 Å². The fourth-order valence-electron chi connectivity index (χ4n) is 8.16. The van der Waals surface area contributed by atoms with Gasteiger partial charge in [0.25, 0.3) is 0 Å². The third kappa shape index (κ3) is 50.7. The summed E-state index contributed by atoms with van der Waals surface area (Å²) >= 11 is 0. The fraction of sp³-hybridized carbons (Fsp3) is 0.780. The second kappa shape index (κ2) is 54.2. The zero-order chi connectivity index (χ0) is 45.6. The first-order valence-corrected chi connectivity index (χ1v) is 27.7. The summed E-state index contributed by atoms with van der Waals surface area (Å²) in [6.45, 7) is 4.30. The zero-order valence-corrected chi connectivity index (χ0v) is 42.1. The van der Waals surface area contributed by atoms with Crippen LogP contribution >= 0.6 is 0 Å². The Morgan fingerprint density at radius 1 is 0.381 bits per heavy atom. The highest BCUT2D eigenvalue weighted by Crippen LogP contribution is 2.15. The lowest BCUT2D eigenvalue weighted by molar-refractivity contribution is -0.123. The quantitative estimate of drug-likeness (QED) is 0.0421. The van der Waals surface area contributed by atoms with E-state index in [4.69, 9.17) is 0 Å². The number of rotatable bonds is 50. The van der Waals surface area contributed by atoms with Crippen molar-refractivity contribution in [2.75, 3.05) is 6.61 Å². The van der Waals surface area contributed by atoms with Crippen LogP contribution in [-0.2, 0) is 4.79 Å². The van der Waals surface area contributed by atoms with Crippen LogP contribution in [0.25, 0.3) is 0 Å². The normalized spacial score (nSPS) is 13.4. The first-order valence-electron chi connectivity index (χ1n) is 27.7. The van der Waals surface area contributed by atoms with Crippen LogP contribution in [0.5, 0.6) is 0 Å². The van der Waals surface area contributed by atoms with E-state index in [2.05, 4.69) is 79.9 Å². The number of carbonyl (C=O) groups is 1. The average molecular weight is 879 g/mol. The van der Waals surface area contributed by atoms with Crippen molar-refractivity contribution in [2.24, 2.45) is 0 Å². The number of hydrogen-bond acceptors (Lipinski definition) is 3. The van der Waals surface area contributed by atoms with Crippen molar-refractivity contribution in [3.05, 3.63) is 72.9 Å². The van der Waals surface area contributed by atoms with Gasteiger partial charge in [0.2, 0.25) is 5.91 Å². The van der Waals surface area contributed by atoms with E-state index in [-0.39, 0.29) is 12.5 Å². The Bertz CT molecular complexity index is 1090. The van der Waals surface area contributed by atoms with Crippen LogP contribution in [0.1, 0.15) is 277 Å². The molecule has 1 amide bonds. The molecule has 4 heteroatoms. The molecule has 0 rings (SSSR count). The highest BCUT2D eigenvalue weighted by Gasteiger charge is 2.17. The number of amides is 1. The molecule has 0 saturated heterocycles. The van der Waals surface area contributed by atoms with E-state index in [9.17, 15) is 15.0 Å². The minimum absolute atomic E-state index is 0.0799. The van der Waals surface area contributed by atoms with Crippen LogP contribution in [0.15, 0.2) is 72.9 Å². The van der Waals surface area contributed by atoms with E-state index in [1.807, 2.05) is 6.08 Å². The van der Waals surface area contributed by atoms with Gasteiger partial charge in [-0.3, -0.25) is 4.79 Å². The van der Waals surface area contributed by atoms with Gasteiger partial charge in [-0.05, 0) is 83.5 Å². The summed E-state index contributed by atoms with van der Waals surface area (Å²) in [6, 6.07) is -0.651. The van der Waals surface area contributed by atoms with Gasteiger partial charge in [-0.1, -0.05) is 260 Å². The molecule has 0 fully saturated rings. The number of carbonyl (C=O) groups excluding carboxylic acids is 1. The first kappa shape index (κ1) is 60.8. The molecule has 2 unspecified atom stereocenters. The van der Waals surface area contributed by atoms with Crippen LogP contribution in [-0.4, -0.2) is 34.9 Å². The van der Waals surface area contributed by atoms with Crippen LogP contribution < -0.4 is 5.32 Å². The Labute approximate surface area is 393 Å². The molecule has 0 saturated carbocycles. The monoisotopic (exact) mass is 878 g/mol. The Morgan fingerprint density at radius 3 is 1.03 bits per heavy atom. The zero-order valence-electron chi connectivity index (χ0n) is 42.1. The molecule has 0 aliphatic rings. The Morgan fingerprint density at radius 2 is 0.667 bits per heavy atom. The summed E-state index contributed by atoms with van der Waals surface area (Å²) < 4.78 is 0. The molecular weight excluding hydrogens is 771 g/mol. The van der Waals surface area contributed by atoms with Crippen molar-refractivity contribution in [3.8, 4) is 0 Å². The van der Waals surface area contributed by atoms with Gasteiger partial charge in [0.15, 0.2) is 0 Å². The molecule has 0 aliphatic heterocycles. The maximum absolute atomic E-state index is 12.5. The fourth-order valence-corrected chi connectivity index (χ4v) is 8.16. The first-order chi connectivity index (χ1) is 31.2. The number of aliphatic hydroxyl groups is 2. The van der Waals surface area contributed by atoms with E-state index in [1.54, 1.807) is 6.08 Å². The number of allylic oxidation sites excluding steroid dienone is 11. The topological polar surface area (TPSA) is 69.6 Å². The molecule has 0 heterocycles. The lowest BCUT2D eigenvalue weighted by Crippen LogP contribution is -2.45. The van der Waals surface area contributed by atoms with Gasteiger partial charge in [0.05, 0.1) is 18.8 Å². The number of aliphatic hydroxyl groups excluding tert-OH is 2. The molecular formula is C59H107NO3. The van der Waals surface area contributed by atoms with Gasteiger partial charge < -0.3 is 15.5 Å². The Hall–Kier alpha value is -2.17. The summed E-state index contributed by atoms with van der Waals surface area (Å²) in [7, 11) is 0. The maximum Gasteiger partial charge on any atom is 0.220 e. The van der Waals surface area contributed by atoms with E-state index < -0.39 is 12.1 Å². The highest BCUT2D eigenvalue weighted by atomic mass is 16.3. The lowest BCUT2D eigenvalue weighted by Gasteiger charge is -2.19. The smallest absolute Gasteiger partial charge is 0.220 e. The minimum atomic E-state index is -0.875. The summed E-state index contributed by atoms with van der Waals surface area (Å²) in [5.74, 6) is -0.0799. The number of hydrogen-bond donors (Lipinski definition) is 3. The van der Waals surface area contributed by atoms with Crippen molar-refractivity contribution in [1.29, 1.82) is 0 Å². The van der Waals surface area contributed by atoms with Gasteiger partial charge in [0.1, 0.15) is 0 Å². The number of unbranched alkanes of at least 4 members (excludes halogenated alkanes) is 33. The average Bonchev–Trinajstić information content (AvgIpc) is 3.29. The molecule has 0 radical (unpaired) electrons. The summed E-state index contributed by atoms with van der Waals surface area (Å²) in [5, 5.41) is 23.1. The van der Waals surface area contributed by atoms with Crippen LogP contribution in [0.3, 0.4) is 0 Å². The van der Waals surface area contributed by atoms with Gasteiger partial charge in [-0.25, -0.2) is 0 Å². The van der Waals surface area contributed by atoms with Crippen LogP contribution in [0.4, 0.5) is 0 Å². The van der Waals surface area contributed by atoms with E-state index in [0.717, 1.165) is 51.4 Å². The van der Waals surface area contributed by atoms with Gasteiger partial charge in [-0.2, -0.15) is 0 Å². The molecule has 0 aliphatic carbocycles. The predicted octanol–water partition coefficient (Wildman–Crippen LogP) is 18.2. The second-order valence-electron chi connectivity index (χ2n) is 18.6. The number of nitrogens with one attached hydrogen (secondary N) is 1. The van der Waals surface area contributed by atoms with Crippen molar-refractivity contribution in [1.82, 2.24) is 5.32 Å². The molecule has 0 aromatic heterocycles. The second-order valence-corrected chi connectivity index (χ2v) is 18.6. The molecule has 2 atom stereocenters. The third-order valence-electron chi connectivity index (χ3n) is 12.4. The summed E-state index contributed by atoms with van der Waals surface area (Å²) in [5.41, 5.74) is 0. The Balaban J connectivity index is 3.59. The standard InChI is InChI=1S/C59H107NO3/c1-3-5-7-9-11-13-15-17-19-21-23-25-27-29-30-31-33-35-37-39-41-43-45-47-49-51-53-55-59(63)60-57(56-61)58(62)54-52-50-48-46-44-42-40-38-36-34-32-28-26-24-22-20-18-16-14-12-10-8-6-4-2/h15,17,21,23,27,29,36,38,44,46,52,54,57-58,61-62H,3-14,16,18-20,22,24-26,28,30-35,37,39-43,45,47-51,53,55-56H2,1-2H3,(H,60,63)/b17-15-,23-21-,29-27-,38-36+,46-44+,54-52+. The van der Waals surface area contributed by atoms with E-state index in [0.29, 0.717) is 6.42 Å². The predicted molar refractivity (Wildman–Crippen MR) is 281 cm³/mol. The lowest BCUT2D eigenvalue weighted by atomic mass is 10.0. The van der Waals surface area contributed by atoms with Crippen molar-refractivity contribution in [3.63, 3.8) is 0 Å². The van der Waals surface area contributed by atoms with Gasteiger partial charge in [0, 0.05) is 6.42 Å². The molecule has 0 aromatic rings. The minimum Gasteiger partial charge on any atom is -0.394 e. The van der Waals surface area contributed by atoms with E-state index in [1.165, 1.54) is 205 Å². The molecule has 63 heavy (non-hydrogen) atoms. The van der Waals surface area contributed by atoms with E-state index >= 15 is 0 Å². The van der Waals surface area contributed by atoms with Crippen molar-refractivity contribution < 1.29 is 15.0 Å². The molecule has 366 valence electrons. The van der Waals surface area contributed by atoms with Crippen molar-refractivity contribution in [2.45, 2.75) is 289 Å². The largest absolute Gasteiger partial charge is 0.394 e. The Kier molecular flexibility index (Phi) is 52.3.